The zero-order valence-electron chi connectivity index (χ0n) is 14.3. The topological polar surface area (TPSA) is 83.2 Å². The van der Waals surface area contributed by atoms with Gasteiger partial charge in [0.1, 0.15) is 11.6 Å². The summed E-state index contributed by atoms with van der Waals surface area (Å²) < 4.78 is 6.81. The van der Waals surface area contributed by atoms with Crippen molar-refractivity contribution in [3.8, 4) is 5.75 Å². The average Bonchev–Trinajstić information content (AvgIpc) is 3.07. The van der Waals surface area contributed by atoms with Crippen LogP contribution in [0.2, 0.25) is 0 Å². The van der Waals surface area contributed by atoms with Gasteiger partial charge in [-0.05, 0) is 48.7 Å². The van der Waals surface area contributed by atoms with E-state index in [1.54, 1.807) is 11.8 Å². The van der Waals surface area contributed by atoms with E-state index >= 15 is 0 Å². The van der Waals surface area contributed by atoms with Crippen molar-refractivity contribution in [1.82, 2.24) is 0 Å². The molecule has 1 aromatic heterocycles. The molecule has 0 bridgehead atoms. The predicted molar refractivity (Wildman–Crippen MR) is 112 cm³/mol. The Labute approximate surface area is 161 Å². The molecule has 0 aliphatic heterocycles. The maximum atomic E-state index is 7.58. The second-order valence-corrected chi connectivity index (χ2v) is 7.54. The molecule has 0 atom stereocenters. The maximum absolute atomic E-state index is 7.58. The van der Waals surface area contributed by atoms with Crippen LogP contribution in [0.1, 0.15) is 4.88 Å². The van der Waals surface area contributed by atoms with Crippen LogP contribution >= 0.6 is 23.1 Å². The van der Waals surface area contributed by atoms with Crippen LogP contribution in [0, 0.1) is 5.41 Å². The van der Waals surface area contributed by atoms with Gasteiger partial charge in [0.2, 0.25) is 0 Å². The molecule has 0 aliphatic rings. The summed E-state index contributed by atoms with van der Waals surface area (Å²) in [5, 5.41) is 14.2. The van der Waals surface area contributed by atoms with Crippen LogP contribution in [0.3, 0.4) is 0 Å². The van der Waals surface area contributed by atoms with E-state index in [0.717, 1.165) is 31.9 Å². The Hall–Kier alpha value is -2.64. The number of nitrogen functional groups attached to an aromatic ring is 1. The Morgan fingerprint density at radius 2 is 1.85 bits per heavy atom. The molecule has 5 N–H and O–H groups in total. The normalized spacial score (nSPS) is 10.3. The van der Waals surface area contributed by atoms with Crippen molar-refractivity contribution in [2.75, 3.05) is 23.6 Å². The first-order valence-corrected chi connectivity index (χ1v) is 10.0. The van der Waals surface area contributed by atoms with Gasteiger partial charge in [-0.25, -0.2) is 0 Å². The lowest BCUT2D eigenvalue weighted by Gasteiger charge is -2.10. The number of para-hydroxylation sites is 1. The highest BCUT2D eigenvalue weighted by molar-refractivity contribution is 8.00. The third-order valence-electron chi connectivity index (χ3n) is 3.57. The first-order chi connectivity index (χ1) is 12.7. The summed E-state index contributed by atoms with van der Waals surface area (Å²) in [5.41, 5.74) is 8.53. The van der Waals surface area contributed by atoms with Crippen LogP contribution in [-0.2, 0) is 0 Å². The third kappa shape index (κ3) is 4.71. The molecule has 0 saturated heterocycles. The van der Waals surface area contributed by atoms with Gasteiger partial charge >= 0.3 is 0 Å². The summed E-state index contributed by atoms with van der Waals surface area (Å²) in [6, 6.07) is 19.6. The van der Waals surface area contributed by atoms with E-state index in [9.17, 15) is 0 Å². The lowest BCUT2D eigenvalue weighted by molar-refractivity contribution is 0.347. The molecule has 26 heavy (non-hydrogen) atoms. The van der Waals surface area contributed by atoms with Gasteiger partial charge in [-0.1, -0.05) is 18.2 Å². The number of rotatable bonds is 8. The number of nitrogens with one attached hydrogen (secondary N) is 3. The Kier molecular flexibility index (Phi) is 6.04. The molecule has 2 aromatic carbocycles. The molecular formula is C19H20N4OS2. The van der Waals surface area contributed by atoms with Gasteiger partial charge < -0.3 is 21.1 Å². The molecule has 3 rings (SSSR count). The van der Waals surface area contributed by atoms with Crippen molar-refractivity contribution in [3.63, 3.8) is 0 Å². The van der Waals surface area contributed by atoms with Gasteiger partial charge in [0.05, 0.1) is 14.8 Å². The number of thioether (sulfide) groups is 1. The minimum atomic E-state index is 0.0908. The van der Waals surface area contributed by atoms with Crippen molar-refractivity contribution in [2.45, 2.75) is 4.21 Å². The fourth-order valence-electron chi connectivity index (χ4n) is 2.29. The molecule has 0 unspecified atom stereocenters. The minimum absolute atomic E-state index is 0.0908. The van der Waals surface area contributed by atoms with Crippen LogP contribution < -0.4 is 21.1 Å². The minimum Gasteiger partial charge on any atom is -0.473 e. The Bertz CT molecular complexity index is 863. The Morgan fingerprint density at radius 3 is 2.50 bits per heavy atom. The van der Waals surface area contributed by atoms with Crippen molar-refractivity contribution >= 4 is 46.0 Å². The fourth-order valence-corrected chi connectivity index (χ4v) is 3.93. The van der Waals surface area contributed by atoms with Gasteiger partial charge in [0.15, 0.2) is 6.73 Å². The molecule has 0 fully saturated rings. The summed E-state index contributed by atoms with van der Waals surface area (Å²) in [4.78, 5) is 0.767. The van der Waals surface area contributed by atoms with E-state index in [1.165, 1.54) is 11.3 Å². The van der Waals surface area contributed by atoms with Crippen LogP contribution in [0.5, 0.6) is 5.75 Å². The summed E-state index contributed by atoms with van der Waals surface area (Å²) in [6.45, 7) is 0.403. The molecule has 0 saturated carbocycles. The van der Waals surface area contributed by atoms with Gasteiger partial charge in [0, 0.05) is 11.4 Å². The van der Waals surface area contributed by atoms with Gasteiger partial charge in [-0.3, -0.25) is 5.41 Å². The van der Waals surface area contributed by atoms with E-state index in [-0.39, 0.29) is 5.84 Å². The van der Waals surface area contributed by atoms with E-state index in [2.05, 4.69) is 10.6 Å². The van der Waals surface area contributed by atoms with Crippen LogP contribution in [0.25, 0.3) is 0 Å². The zero-order chi connectivity index (χ0) is 18.4. The van der Waals surface area contributed by atoms with E-state index < -0.39 is 0 Å². The molecule has 0 aliphatic carbocycles. The van der Waals surface area contributed by atoms with E-state index in [1.807, 2.05) is 66.9 Å². The molecule has 3 aromatic rings. The first kappa shape index (κ1) is 18.2. The number of hydrogen-bond donors (Lipinski definition) is 4. The maximum Gasteiger partial charge on any atom is 0.159 e. The largest absolute Gasteiger partial charge is 0.473 e. The van der Waals surface area contributed by atoms with Crippen LogP contribution in [0.15, 0.2) is 64.9 Å². The van der Waals surface area contributed by atoms with Crippen molar-refractivity contribution in [3.05, 3.63) is 65.5 Å². The Balaban J connectivity index is 1.58. The number of ether oxygens (including phenoxy) is 1. The summed E-state index contributed by atoms with van der Waals surface area (Å²) >= 11 is 3.15. The molecule has 7 heteroatoms. The number of anilines is 3. The number of benzene rings is 2. The quantitative estimate of drug-likeness (QED) is 0.191. The predicted octanol–water partition coefficient (Wildman–Crippen LogP) is 4.95. The number of hydrogen-bond acceptors (Lipinski definition) is 6. The number of amidine groups is 1. The lowest BCUT2D eigenvalue weighted by Crippen LogP contribution is -2.08. The molecule has 0 amide bonds. The van der Waals surface area contributed by atoms with Crippen molar-refractivity contribution in [2.24, 2.45) is 5.73 Å². The summed E-state index contributed by atoms with van der Waals surface area (Å²) in [5.74, 6) is 0.881. The molecule has 1 heterocycles. The second-order valence-electron chi connectivity index (χ2n) is 5.41. The molecular weight excluding hydrogens is 364 g/mol. The van der Waals surface area contributed by atoms with Crippen molar-refractivity contribution in [1.29, 1.82) is 5.41 Å². The van der Waals surface area contributed by atoms with Gasteiger partial charge in [0.25, 0.3) is 0 Å². The number of thiophene rings is 1. The third-order valence-corrected chi connectivity index (χ3v) is 5.87. The highest BCUT2D eigenvalue weighted by Crippen LogP contribution is 2.36. The molecule has 0 spiro atoms. The summed E-state index contributed by atoms with van der Waals surface area (Å²) in [6.07, 6.45) is 2.01. The van der Waals surface area contributed by atoms with Crippen LogP contribution in [-0.4, -0.2) is 18.8 Å². The van der Waals surface area contributed by atoms with E-state index in [4.69, 9.17) is 15.9 Å². The highest BCUT2D eigenvalue weighted by atomic mass is 32.2. The Morgan fingerprint density at radius 1 is 1.12 bits per heavy atom. The first-order valence-electron chi connectivity index (χ1n) is 7.97. The number of nitrogens with two attached hydrogens (primary N) is 1. The average molecular weight is 385 g/mol. The highest BCUT2D eigenvalue weighted by Gasteiger charge is 2.10. The fraction of sp³-hybridized carbons (Fsp3) is 0.105. The van der Waals surface area contributed by atoms with Gasteiger partial charge in [-0.2, -0.15) is 0 Å². The lowest BCUT2D eigenvalue weighted by atomic mass is 10.3. The smallest absolute Gasteiger partial charge is 0.159 e. The van der Waals surface area contributed by atoms with Crippen molar-refractivity contribution < 1.29 is 4.74 Å². The summed E-state index contributed by atoms with van der Waals surface area (Å²) in [7, 11) is 0. The molecule has 5 nitrogen and oxygen atoms in total. The molecule has 134 valence electrons. The standard InChI is InChI=1S/C19H20N4OS2/c1-25-19-16(11-17(26-19)18(20)21)23-14-7-9-15(10-8-14)24-12-22-13-5-3-2-4-6-13/h2-11,22-23H,12H2,1H3,(H3,20,21). The van der Waals surface area contributed by atoms with Gasteiger partial charge in [-0.15, -0.1) is 23.1 Å². The molecule has 0 radical (unpaired) electrons. The monoisotopic (exact) mass is 384 g/mol. The van der Waals surface area contributed by atoms with E-state index in [0.29, 0.717) is 6.73 Å². The zero-order valence-corrected chi connectivity index (χ0v) is 15.9. The SMILES string of the molecule is CSc1sc(C(=N)N)cc1Nc1ccc(OCNc2ccccc2)cc1. The second kappa shape index (κ2) is 8.64. The van der Waals surface area contributed by atoms with Crippen LogP contribution in [0.4, 0.5) is 17.1 Å².